The largest absolute Gasteiger partial charge is 0.482 e. The summed E-state index contributed by atoms with van der Waals surface area (Å²) in [6, 6.07) is 8.22. The van der Waals surface area contributed by atoms with E-state index in [4.69, 9.17) is 9.84 Å². The van der Waals surface area contributed by atoms with E-state index in [1.807, 2.05) is 0 Å². The molecule has 1 aromatic carbocycles. The lowest BCUT2D eigenvalue weighted by atomic mass is 10.3. The lowest BCUT2D eigenvalue weighted by molar-refractivity contribution is -0.139. The van der Waals surface area contributed by atoms with Crippen LogP contribution in [0.15, 0.2) is 30.3 Å². The van der Waals surface area contributed by atoms with Crippen LogP contribution in [0.1, 0.15) is 16.2 Å². The summed E-state index contributed by atoms with van der Waals surface area (Å²) < 4.78 is 6.55. The van der Waals surface area contributed by atoms with Crippen LogP contribution in [0.4, 0.5) is 5.69 Å². The molecule has 1 aromatic heterocycles. The summed E-state index contributed by atoms with van der Waals surface area (Å²) in [6.45, 7) is 1.37. The van der Waals surface area contributed by atoms with Gasteiger partial charge in [0.2, 0.25) is 0 Å². The maximum absolute atomic E-state index is 12.1. The zero-order valence-electron chi connectivity index (χ0n) is 11.7. The first kappa shape index (κ1) is 14.6. The molecule has 0 fully saturated rings. The number of anilines is 1. The predicted octanol–water partition coefficient (Wildman–Crippen LogP) is 1.44. The number of hydrogen-bond donors (Lipinski definition) is 2. The van der Waals surface area contributed by atoms with Gasteiger partial charge in [-0.3, -0.25) is 9.48 Å². The average Bonchev–Trinajstić information content (AvgIpc) is 2.76. The van der Waals surface area contributed by atoms with Crippen molar-refractivity contribution in [3.05, 3.63) is 41.7 Å². The molecule has 0 radical (unpaired) electrons. The zero-order valence-corrected chi connectivity index (χ0v) is 11.7. The molecule has 7 heteroatoms. The number of ether oxygens (including phenoxy) is 1. The van der Waals surface area contributed by atoms with Crippen molar-refractivity contribution in [1.29, 1.82) is 0 Å². The summed E-state index contributed by atoms with van der Waals surface area (Å²) in [5, 5.41) is 15.4. The number of carbonyl (C=O) groups is 2. The molecule has 0 aliphatic rings. The number of aliphatic carboxylic acids is 1. The molecule has 110 valence electrons. The molecular weight excluding hydrogens is 274 g/mol. The van der Waals surface area contributed by atoms with E-state index in [2.05, 4.69) is 10.4 Å². The number of nitrogens with zero attached hydrogens (tertiary/aromatic N) is 2. The van der Waals surface area contributed by atoms with E-state index in [1.165, 1.54) is 4.68 Å². The van der Waals surface area contributed by atoms with Gasteiger partial charge in [-0.25, -0.2) is 4.79 Å². The molecule has 21 heavy (non-hydrogen) atoms. The number of amides is 1. The van der Waals surface area contributed by atoms with Crippen LogP contribution in [-0.2, 0) is 11.8 Å². The van der Waals surface area contributed by atoms with E-state index in [9.17, 15) is 9.59 Å². The predicted molar refractivity (Wildman–Crippen MR) is 75.5 cm³/mol. The Morgan fingerprint density at radius 2 is 2.14 bits per heavy atom. The third-order valence-corrected chi connectivity index (χ3v) is 2.69. The van der Waals surface area contributed by atoms with Crippen LogP contribution >= 0.6 is 0 Å². The third-order valence-electron chi connectivity index (χ3n) is 2.69. The Morgan fingerprint density at radius 1 is 1.38 bits per heavy atom. The molecule has 1 amide bonds. The van der Waals surface area contributed by atoms with Gasteiger partial charge >= 0.3 is 5.97 Å². The highest BCUT2D eigenvalue weighted by atomic mass is 16.5. The quantitative estimate of drug-likeness (QED) is 0.868. The lowest BCUT2D eigenvalue weighted by Gasteiger charge is -2.08. The Kier molecular flexibility index (Phi) is 4.22. The number of aryl methyl sites for hydroxylation is 2. The highest BCUT2D eigenvalue weighted by Crippen LogP contribution is 2.18. The Balaban J connectivity index is 2.09. The Hall–Kier alpha value is -2.83. The number of benzene rings is 1. The van der Waals surface area contributed by atoms with Crippen LogP contribution in [-0.4, -0.2) is 33.4 Å². The second-order valence-corrected chi connectivity index (χ2v) is 4.46. The molecule has 2 aromatic rings. The molecule has 0 unspecified atom stereocenters. The average molecular weight is 289 g/mol. The van der Waals surface area contributed by atoms with Gasteiger partial charge in [0.05, 0.1) is 5.69 Å². The van der Waals surface area contributed by atoms with Crippen molar-refractivity contribution in [2.75, 3.05) is 11.9 Å². The maximum atomic E-state index is 12.1. The van der Waals surface area contributed by atoms with Crippen molar-refractivity contribution in [3.8, 4) is 5.75 Å². The van der Waals surface area contributed by atoms with Gasteiger partial charge < -0.3 is 15.2 Å². The third kappa shape index (κ3) is 3.82. The SMILES string of the molecule is Cc1cc(C(=O)Nc2cccc(OCC(=O)O)c2)n(C)n1. The van der Waals surface area contributed by atoms with Gasteiger partial charge in [-0.05, 0) is 25.1 Å². The molecule has 0 bridgehead atoms. The molecule has 0 spiro atoms. The molecule has 1 heterocycles. The molecule has 2 rings (SSSR count). The summed E-state index contributed by atoms with van der Waals surface area (Å²) in [6.07, 6.45) is 0. The highest BCUT2D eigenvalue weighted by Gasteiger charge is 2.12. The van der Waals surface area contributed by atoms with Gasteiger partial charge in [-0.15, -0.1) is 0 Å². The number of aromatic nitrogens is 2. The normalized spacial score (nSPS) is 10.2. The van der Waals surface area contributed by atoms with Crippen molar-refractivity contribution >= 4 is 17.6 Å². The van der Waals surface area contributed by atoms with Crippen molar-refractivity contribution in [1.82, 2.24) is 9.78 Å². The number of hydrogen-bond acceptors (Lipinski definition) is 4. The lowest BCUT2D eigenvalue weighted by Crippen LogP contribution is -2.16. The van der Waals surface area contributed by atoms with Crippen LogP contribution in [0.5, 0.6) is 5.75 Å². The standard InChI is InChI=1S/C14H15N3O4/c1-9-6-12(17(2)16-9)14(20)15-10-4-3-5-11(7-10)21-8-13(18)19/h3-7H,8H2,1-2H3,(H,15,20)(H,18,19). The van der Waals surface area contributed by atoms with Gasteiger partial charge in [-0.1, -0.05) is 6.07 Å². The van der Waals surface area contributed by atoms with Crippen LogP contribution in [0.25, 0.3) is 0 Å². The number of carbonyl (C=O) groups excluding carboxylic acids is 1. The maximum Gasteiger partial charge on any atom is 0.341 e. The monoisotopic (exact) mass is 289 g/mol. The second-order valence-electron chi connectivity index (χ2n) is 4.46. The van der Waals surface area contributed by atoms with Crippen molar-refractivity contribution in [2.45, 2.75) is 6.92 Å². The number of rotatable bonds is 5. The summed E-state index contributed by atoms with van der Waals surface area (Å²) >= 11 is 0. The molecule has 0 aliphatic heterocycles. The van der Waals surface area contributed by atoms with Gasteiger partial charge in [-0.2, -0.15) is 5.10 Å². The van der Waals surface area contributed by atoms with E-state index in [0.29, 0.717) is 17.1 Å². The second kappa shape index (κ2) is 6.08. The Labute approximate surface area is 121 Å². The first-order valence-electron chi connectivity index (χ1n) is 6.22. The van der Waals surface area contributed by atoms with E-state index < -0.39 is 12.6 Å². The van der Waals surface area contributed by atoms with Crippen LogP contribution in [0.3, 0.4) is 0 Å². The van der Waals surface area contributed by atoms with Crippen molar-refractivity contribution in [3.63, 3.8) is 0 Å². The molecule has 0 saturated heterocycles. The highest BCUT2D eigenvalue weighted by molar-refractivity contribution is 6.03. The minimum absolute atomic E-state index is 0.298. The number of carboxylic acid groups (broad SMARTS) is 1. The number of nitrogens with one attached hydrogen (secondary N) is 1. The zero-order chi connectivity index (χ0) is 15.4. The van der Waals surface area contributed by atoms with E-state index in [1.54, 1.807) is 44.3 Å². The fourth-order valence-corrected chi connectivity index (χ4v) is 1.83. The van der Waals surface area contributed by atoms with Crippen molar-refractivity contribution in [2.24, 2.45) is 7.05 Å². The molecule has 2 N–H and O–H groups in total. The Bertz CT molecular complexity index is 679. The van der Waals surface area contributed by atoms with Crippen LogP contribution in [0, 0.1) is 6.92 Å². The first-order chi connectivity index (χ1) is 9.95. The minimum Gasteiger partial charge on any atom is -0.482 e. The Morgan fingerprint density at radius 3 is 2.76 bits per heavy atom. The van der Waals surface area contributed by atoms with Gasteiger partial charge in [0, 0.05) is 18.8 Å². The summed E-state index contributed by atoms with van der Waals surface area (Å²) in [7, 11) is 1.69. The molecule has 0 atom stereocenters. The topological polar surface area (TPSA) is 93.5 Å². The van der Waals surface area contributed by atoms with Crippen LogP contribution < -0.4 is 10.1 Å². The van der Waals surface area contributed by atoms with E-state index >= 15 is 0 Å². The molecule has 7 nitrogen and oxygen atoms in total. The summed E-state index contributed by atoms with van der Waals surface area (Å²) in [5.74, 6) is -0.986. The van der Waals surface area contributed by atoms with E-state index in [-0.39, 0.29) is 5.91 Å². The molecule has 0 saturated carbocycles. The smallest absolute Gasteiger partial charge is 0.341 e. The molecule has 0 aliphatic carbocycles. The molecular formula is C14H15N3O4. The van der Waals surface area contributed by atoms with E-state index in [0.717, 1.165) is 5.69 Å². The van der Waals surface area contributed by atoms with Gasteiger partial charge in [0.15, 0.2) is 6.61 Å². The fourth-order valence-electron chi connectivity index (χ4n) is 1.83. The number of carboxylic acids is 1. The van der Waals surface area contributed by atoms with Gasteiger partial charge in [0.25, 0.3) is 5.91 Å². The fraction of sp³-hybridized carbons (Fsp3) is 0.214. The van der Waals surface area contributed by atoms with Crippen LogP contribution in [0.2, 0.25) is 0 Å². The minimum atomic E-state index is -1.06. The summed E-state index contributed by atoms with van der Waals surface area (Å²) in [5.41, 5.74) is 1.70. The van der Waals surface area contributed by atoms with Crippen molar-refractivity contribution < 1.29 is 19.4 Å². The summed E-state index contributed by atoms with van der Waals surface area (Å²) in [4.78, 5) is 22.6. The first-order valence-corrected chi connectivity index (χ1v) is 6.22. The van der Waals surface area contributed by atoms with Gasteiger partial charge in [0.1, 0.15) is 11.4 Å².